The minimum Gasteiger partial charge on any atom is -0.461 e. The highest BCUT2D eigenvalue weighted by Crippen LogP contribution is 2.19. The molecule has 5 nitrogen and oxygen atoms in total. The van der Waals surface area contributed by atoms with Gasteiger partial charge in [0.15, 0.2) is 5.76 Å². The van der Waals surface area contributed by atoms with Crippen molar-refractivity contribution in [1.82, 2.24) is 9.13 Å². The van der Waals surface area contributed by atoms with Crippen LogP contribution in [0.3, 0.4) is 0 Å². The second-order valence-electron chi connectivity index (χ2n) is 5.98. The molecule has 130 valence electrons. The summed E-state index contributed by atoms with van der Waals surface area (Å²) in [6.45, 7) is 0.503. The number of nitrogens with one attached hydrogen (secondary N) is 1. The minimum absolute atomic E-state index is 0.0440. The van der Waals surface area contributed by atoms with Crippen molar-refractivity contribution in [3.63, 3.8) is 0 Å². The van der Waals surface area contributed by atoms with Crippen LogP contribution in [0.5, 0.6) is 0 Å². The van der Waals surface area contributed by atoms with E-state index in [1.54, 1.807) is 16.7 Å². The number of rotatable bonds is 5. The van der Waals surface area contributed by atoms with Gasteiger partial charge in [0.2, 0.25) is 11.4 Å². The summed E-state index contributed by atoms with van der Waals surface area (Å²) in [5.41, 5.74) is 2.87. The molecule has 6 heteroatoms. The summed E-state index contributed by atoms with van der Waals surface area (Å²) in [5.74, 6) is 0.119. The molecule has 0 aliphatic carbocycles. The Morgan fingerprint density at radius 3 is 2.35 bits per heavy atom. The SMILES string of the molecule is N=c1n(CC(=O)c2ccco2)c2ccccc2n1Cc1ccccc1Cl. The van der Waals surface area contributed by atoms with Crippen molar-refractivity contribution in [1.29, 1.82) is 5.41 Å². The second-order valence-corrected chi connectivity index (χ2v) is 6.38. The number of fused-ring (bicyclic) bond motifs is 1. The number of para-hydroxylation sites is 2. The molecule has 4 rings (SSSR count). The topological polar surface area (TPSA) is 63.9 Å². The molecule has 0 bridgehead atoms. The summed E-state index contributed by atoms with van der Waals surface area (Å²) in [6, 6.07) is 18.6. The molecular weight excluding hydrogens is 350 g/mol. The Hall–Kier alpha value is -3.05. The van der Waals surface area contributed by atoms with Gasteiger partial charge in [-0.15, -0.1) is 0 Å². The molecule has 0 aliphatic heterocycles. The number of carbonyl (C=O) groups excluding carboxylic acids is 1. The summed E-state index contributed by atoms with van der Waals surface area (Å²) in [4.78, 5) is 12.5. The predicted molar refractivity (Wildman–Crippen MR) is 99.4 cm³/mol. The van der Waals surface area contributed by atoms with E-state index < -0.39 is 0 Å². The lowest BCUT2D eigenvalue weighted by atomic mass is 10.2. The average Bonchev–Trinajstić information content (AvgIpc) is 3.27. The van der Waals surface area contributed by atoms with E-state index in [0.717, 1.165) is 16.6 Å². The highest BCUT2D eigenvalue weighted by atomic mass is 35.5. The molecule has 0 radical (unpaired) electrons. The third-order valence-corrected chi connectivity index (χ3v) is 4.73. The molecule has 0 saturated heterocycles. The van der Waals surface area contributed by atoms with Crippen molar-refractivity contribution in [3.8, 4) is 0 Å². The highest BCUT2D eigenvalue weighted by Gasteiger charge is 2.16. The zero-order chi connectivity index (χ0) is 18.1. The quantitative estimate of drug-likeness (QED) is 0.541. The Kier molecular flexibility index (Phi) is 4.22. The largest absolute Gasteiger partial charge is 0.461 e. The van der Waals surface area contributed by atoms with Crippen LogP contribution in [0.25, 0.3) is 11.0 Å². The smallest absolute Gasteiger partial charge is 0.217 e. The van der Waals surface area contributed by atoms with E-state index in [-0.39, 0.29) is 17.9 Å². The molecule has 2 aromatic heterocycles. The van der Waals surface area contributed by atoms with Gasteiger partial charge in [0.05, 0.1) is 30.4 Å². The number of aromatic nitrogens is 2. The number of Topliss-reactive ketones (excluding diaryl/α,β-unsaturated/α-hetero) is 1. The predicted octanol–water partition coefficient (Wildman–Crippen LogP) is 4.10. The first-order chi connectivity index (χ1) is 12.6. The fourth-order valence-electron chi connectivity index (χ4n) is 3.07. The van der Waals surface area contributed by atoms with Gasteiger partial charge in [0.1, 0.15) is 0 Å². The van der Waals surface area contributed by atoms with Gasteiger partial charge >= 0.3 is 0 Å². The van der Waals surface area contributed by atoms with Crippen LogP contribution >= 0.6 is 11.6 Å². The van der Waals surface area contributed by atoms with Gasteiger partial charge in [0, 0.05) is 5.02 Å². The first-order valence-electron chi connectivity index (χ1n) is 8.18. The number of nitrogens with zero attached hydrogens (tertiary/aromatic N) is 2. The lowest BCUT2D eigenvalue weighted by Crippen LogP contribution is -2.27. The molecule has 1 N–H and O–H groups in total. The van der Waals surface area contributed by atoms with Crippen molar-refractivity contribution >= 4 is 28.4 Å². The van der Waals surface area contributed by atoms with Crippen LogP contribution in [0.1, 0.15) is 16.1 Å². The van der Waals surface area contributed by atoms with E-state index in [0.29, 0.717) is 17.3 Å². The molecule has 0 aliphatic rings. The van der Waals surface area contributed by atoms with Crippen LogP contribution in [-0.4, -0.2) is 14.9 Å². The average molecular weight is 366 g/mol. The van der Waals surface area contributed by atoms with Gasteiger partial charge in [-0.3, -0.25) is 10.2 Å². The summed E-state index contributed by atoms with van der Waals surface area (Å²) in [5, 5.41) is 9.27. The van der Waals surface area contributed by atoms with E-state index in [9.17, 15) is 4.79 Å². The summed E-state index contributed by atoms with van der Waals surface area (Å²) < 4.78 is 8.73. The van der Waals surface area contributed by atoms with Gasteiger partial charge in [-0.25, -0.2) is 0 Å². The number of hydrogen-bond acceptors (Lipinski definition) is 3. The van der Waals surface area contributed by atoms with E-state index in [4.69, 9.17) is 21.4 Å². The van der Waals surface area contributed by atoms with E-state index in [1.807, 2.05) is 53.1 Å². The second kappa shape index (κ2) is 6.69. The van der Waals surface area contributed by atoms with Crippen LogP contribution in [0.2, 0.25) is 5.02 Å². The van der Waals surface area contributed by atoms with Crippen LogP contribution < -0.4 is 5.62 Å². The Morgan fingerprint density at radius 1 is 0.962 bits per heavy atom. The number of furan rings is 1. The van der Waals surface area contributed by atoms with Gasteiger partial charge in [-0.2, -0.15) is 0 Å². The van der Waals surface area contributed by atoms with Crippen LogP contribution in [0.4, 0.5) is 0 Å². The van der Waals surface area contributed by atoms with Crippen LogP contribution in [0, 0.1) is 5.41 Å². The summed E-state index contributed by atoms with van der Waals surface area (Å²) >= 11 is 6.29. The molecule has 0 amide bonds. The number of benzene rings is 2. The third-order valence-electron chi connectivity index (χ3n) is 4.36. The van der Waals surface area contributed by atoms with Gasteiger partial charge < -0.3 is 13.6 Å². The summed E-state index contributed by atoms with van der Waals surface area (Å²) in [7, 11) is 0. The zero-order valence-corrected chi connectivity index (χ0v) is 14.6. The van der Waals surface area contributed by atoms with Crippen LogP contribution in [0.15, 0.2) is 71.3 Å². The normalized spacial score (nSPS) is 11.1. The first-order valence-corrected chi connectivity index (χ1v) is 8.55. The Balaban J connectivity index is 1.80. The van der Waals surface area contributed by atoms with Gasteiger partial charge in [-0.1, -0.05) is 41.9 Å². The molecule has 0 atom stereocenters. The fourth-order valence-corrected chi connectivity index (χ4v) is 3.27. The summed E-state index contributed by atoms with van der Waals surface area (Å²) in [6.07, 6.45) is 1.47. The maximum absolute atomic E-state index is 12.5. The van der Waals surface area contributed by atoms with Crippen molar-refractivity contribution in [3.05, 3.63) is 88.9 Å². The molecule has 0 unspecified atom stereocenters. The lowest BCUT2D eigenvalue weighted by molar-refractivity contribution is 0.0944. The molecule has 2 aromatic carbocycles. The number of carbonyl (C=O) groups is 1. The number of imidazole rings is 1. The number of halogens is 1. The highest BCUT2D eigenvalue weighted by molar-refractivity contribution is 6.31. The lowest BCUT2D eigenvalue weighted by Gasteiger charge is -2.06. The van der Waals surface area contributed by atoms with E-state index in [2.05, 4.69) is 0 Å². The molecule has 0 spiro atoms. The minimum atomic E-state index is -0.172. The zero-order valence-electron chi connectivity index (χ0n) is 13.9. The maximum atomic E-state index is 12.5. The number of hydrogen-bond donors (Lipinski definition) is 1. The molecule has 4 aromatic rings. The molecular formula is C20H16ClN3O2. The molecule has 26 heavy (non-hydrogen) atoms. The van der Waals surface area contributed by atoms with Crippen molar-refractivity contribution in [2.45, 2.75) is 13.1 Å². The fraction of sp³-hybridized carbons (Fsp3) is 0.100. The van der Waals surface area contributed by atoms with Gasteiger partial charge in [-0.05, 0) is 35.9 Å². The monoisotopic (exact) mass is 365 g/mol. The van der Waals surface area contributed by atoms with Crippen molar-refractivity contribution in [2.75, 3.05) is 0 Å². The molecule has 0 fully saturated rings. The molecule has 2 heterocycles. The third kappa shape index (κ3) is 2.86. The van der Waals surface area contributed by atoms with Crippen molar-refractivity contribution in [2.24, 2.45) is 0 Å². The standard InChI is InChI=1S/C20H16ClN3O2/c21-15-7-2-1-6-14(15)12-23-16-8-3-4-9-17(16)24(20(23)22)13-18(25)19-10-5-11-26-19/h1-11,22H,12-13H2. The maximum Gasteiger partial charge on any atom is 0.217 e. The van der Waals surface area contributed by atoms with Crippen molar-refractivity contribution < 1.29 is 9.21 Å². The van der Waals surface area contributed by atoms with E-state index >= 15 is 0 Å². The van der Waals surface area contributed by atoms with Gasteiger partial charge in [0.25, 0.3) is 0 Å². The number of ketones is 1. The van der Waals surface area contributed by atoms with E-state index in [1.165, 1.54) is 6.26 Å². The Bertz CT molecular complexity index is 1140. The molecule has 0 saturated carbocycles. The van der Waals surface area contributed by atoms with Crippen LogP contribution in [-0.2, 0) is 13.1 Å². The Labute approximate surface area is 154 Å². The Morgan fingerprint density at radius 2 is 1.65 bits per heavy atom. The first kappa shape index (κ1) is 16.4.